The summed E-state index contributed by atoms with van der Waals surface area (Å²) in [6.45, 7) is -1.02. The Morgan fingerprint density at radius 2 is 1.48 bits per heavy atom. The van der Waals surface area contributed by atoms with Crippen LogP contribution in [0, 0.1) is 0 Å². The first-order chi connectivity index (χ1) is 11.5. The molecule has 11 nitrogen and oxygen atoms in total. The lowest BCUT2D eigenvalue weighted by Crippen LogP contribution is -2.30. The average Bonchev–Trinajstić information content (AvgIpc) is 2.96. The molecule has 0 bridgehead atoms. The molecule has 4 N–H and O–H groups in total. The summed E-state index contributed by atoms with van der Waals surface area (Å²) < 4.78 is 47.5. The summed E-state index contributed by atoms with van der Waals surface area (Å²) in [4.78, 5) is 27.5. The average molecular weight is 398 g/mol. The van der Waals surface area contributed by atoms with Gasteiger partial charge in [0.1, 0.15) is 27.9 Å². The van der Waals surface area contributed by atoms with Gasteiger partial charge in [0.25, 0.3) is 0 Å². The van der Waals surface area contributed by atoms with Crippen molar-refractivity contribution in [2.45, 2.75) is 49.3 Å². The van der Waals surface area contributed by atoms with Gasteiger partial charge in [-0.15, -0.1) is 0 Å². The Balaban J connectivity index is 1.89. The number of rotatable bonds is 8. The zero-order valence-corrected chi connectivity index (χ0v) is 14.8. The molecule has 0 aromatic heterocycles. The molecule has 0 saturated carbocycles. The van der Waals surface area contributed by atoms with Crippen LogP contribution >= 0.6 is 15.6 Å². The Hall–Kier alpha value is 0.230. The third-order valence-corrected chi connectivity index (χ3v) is 5.14. The van der Waals surface area contributed by atoms with Crippen LogP contribution in [0.25, 0.3) is 0 Å². The number of phosphoric ester groups is 2. The minimum atomic E-state index is -4.80. The molecule has 0 aromatic carbocycles. The lowest BCUT2D eigenvalue weighted by atomic mass is 9.96. The van der Waals surface area contributed by atoms with Crippen LogP contribution in [-0.2, 0) is 32.2 Å². The highest BCUT2D eigenvalue weighted by molar-refractivity contribution is 7.47. The topological polar surface area (TPSA) is 161 Å². The summed E-state index contributed by atoms with van der Waals surface area (Å²) in [5.41, 5.74) is 0. The van der Waals surface area contributed by atoms with Gasteiger partial charge in [0.2, 0.25) is 0 Å². The van der Waals surface area contributed by atoms with Crippen molar-refractivity contribution in [3.63, 3.8) is 0 Å². The second-order valence-electron chi connectivity index (χ2n) is 5.62. The standard InChI is InChI=1S/C10H18B2O11P2/c11-9-1-5(7(3-13)20-9)23-25(17,18)19-4-8-6(2-10(12)21-8)22-24(14,15)16/h5-10,13H,1-4H2,(H,17,18)(H2,14,15,16). The van der Waals surface area contributed by atoms with Gasteiger partial charge >= 0.3 is 15.6 Å². The number of ether oxygens (including phenoxy) is 2. The van der Waals surface area contributed by atoms with Crippen molar-refractivity contribution in [1.29, 1.82) is 0 Å². The van der Waals surface area contributed by atoms with Gasteiger partial charge in [0.05, 0.1) is 25.4 Å². The lowest BCUT2D eigenvalue weighted by Gasteiger charge is -2.23. The number of phosphoric acid groups is 2. The van der Waals surface area contributed by atoms with E-state index < -0.39 is 65.3 Å². The van der Waals surface area contributed by atoms with Gasteiger partial charge < -0.3 is 29.3 Å². The van der Waals surface area contributed by atoms with E-state index in [4.69, 9.17) is 49.1 Å². The van der Waals surface area contributed by atoms with Crippen molar-refractivity contribution < 1.29 is 52.0 Å². The van der Waals surface area contributed by atoms with Crippen molar-refractivity contribution in [3.8, 4) is 0 Å². The monoisotopic (exact) mass is 398 g/mol. The van der Waals surface area contributed by atoms with Crippen LogP contribution < -0.4 is 0 Å². The van der Waals surface area contributed by atoms with Crippen molar-refractivity contribution in [3.05, 3.63) is 0 Å². The molecule has 0 aromatic rings. The van der Waals surface area contributed by atoms with Crippen molar-refractivity contribution in [2.75, 3.05) is 13.2 Å². The molecule has 2 aliphatic heterocycles. The second kappa shape index (κ2) is 8.50. The predicted molar refractivity (Wildman–Crippen MR) is 82.7 cm³/mol. The highest BCUT2D eigenvalue weighted by atomic mass is 31.2. The maximum Gasteiger partial charge on any atom is 0.472 e. The van der Waals surface area contributed by atoms with E-state index in [0.717, 1.165) is 0 Å². The number of aliphatic hydroxyl groups is 1. The van der Waals surface area contributed by atoms with Crippen molar-refractivity contribution in [2.24, 2.45) is 0 Å². The first kappa shape index (κ1) is 21.5. The van der Waals surface area contributed by atoms with Crippen molar-refractivity contribution in [1.82, 2.24) is 0 Å². The lowest BCUT2D eigenvalue weighted by molar-refractivity contribution is -0.0247. The highest BCUT2D eigenvalue weighted by Crippen LogP contribution is 2.48. The van der Waals surface area contributed by atoms with Crippen LogP contribution in [0.1, 0.15) is 12.8 Å². The first-order valence-corrected chi connectivity index (χ1v) is 10.3. The maximum atomic E-state index is 12.0. The largest absolute Gasteiger partial charge is 0.472 e. The molecule has 25 heavy (non-hydrogen) atoms. The maximum absolute atomic E-state index is 12.0. The predicted octanol–water partition coefficient (Wildman–Crippen LogP) is -1.47. The minimum absolute atomic E-state index is 0.0341. The molecule has 140 valence electrons. The van der Waals surface area contributed by atoms with Gasteiger partial charge in [0, 0.05) is 12.0 Å². The summed E-state index contributed by atoms with van der Waals surface area (Å²) >= 11 is 0. The number of aliphatic hydroxyl groups excluding tert-OH is 1. The van der Waals surface area contributed by atoms with E-state index in [2.05, 4.69) is 4.52 Å². The van der Waals surface area contributed by atoms with E-state index in [-0.39, 0.29) is 12.8 Å². The number of hydrogen-bond donors (Lipinski definition) is 4. The summed E-state index contributed by atoms with van der Waals surface area (Å²) in [6.07, 6.45) is -3.99. The van der Waals surface area contributed by atoms with Crippen LogP contribution in [0.5, 0.6) is 0 Å². The molecular weight excluding hydrogens is 380 g/mol. The van der Waals surface area contributed by atoms with Gasteiger partial charge in [-0.25, -0.2) is 9.13 Å². The van der Waals surface area contributed by atoms with E-state index in [1.54, 1.807) is 0 Å². The van der Waals surface area contributed by atoms with Gasteiger partial charge in [0.15, 0.2) is 0 Å². The van der Waals surface area contributed by atoms with Gasteiger partial charge in [-0.3, -0.25) is 13.6 Å². The third kappa shape index (κ3) is 6.71. The fourth-order valence-corrected chi connectivity index (χ4v) is 4.11. The molecule has 15 heteroatoms. The van der Waals surface area contributed by atoms with E-state index in [9.17, 15) is 14.0 Å². The summed E-state index contributed by atoms with van der Waals surface area (Å²) in [7, 11) is 1.67. The Kier molecular flexibility index (Phi) is 7.32. The molecular formula is C10H18B2O11P2. The minimum Gasteiger partial charge on any atom is -0.394 e. The summed E-state index contributed by atoms with van der Waals surface area (Å²) in [5.74, 6) is 0. The molecule has 0 amide bonds. The first-order valence-electron chi connectivity index (χ1n) is 7.31. The van der Waals surface area contributed by atoms with Crippen LogP contribution in [0.2, 0.25) is 0 Å². The van der Waals surface area contributed by atoms with Gasteiger partial charge in [-0.1, -0.05) is 0 Å². The van der Waals surface area contributed by atoms with Crippen LogP contribution in [0.3, 0.4) is 0 Å². The van der Waals surface area contributed by atoms with E-state index >= 15 is 0 Å². The second-order valence-corrected chi connectivity index (χ2v) is 8.22. The van der Waals surface area contributed by atoms with Gasteiger partial charge in [-0.2, -0.15) is 0 Å². The Bertz CT molecular complexity index is 545. The Morgan fingerprint density at radius 1 is 0.960 bits per heavy atom. The molecule has 2 fully saturated rings. The fourth-order valence-electron chi connectivity index (χ4n) is 2.57. The van der Waals surface area contributed by atoms with Crippen molar-refractivity contribution >= 4 is 31.3 Å². The molecule has 7 unspecified atom stereocenters. The van der Waals surface area contributed by atoms with Crippen LogP contribution in [-0.4, -0.2) is 85.1 Å². The quantitative estimate of drug-likeness (QED) is 0.279. The normalized spacial score (nSPS) is 38.7. The molecule has 7 atom stereocenters. The SMILES string of the molecule is [B]C1CC(OP(=O)(O)O)C(COP(=O)(O)OC2CC([B])OC2CO)O1. The molecule has 0 aliphatic carbocycles. The molecule has 2 heterocycles. The molecule has 2 rings (SSSR count). The molecule has 2 saturated heterocycles. The van der Waals surface area contributed by atoms with E-state index in [1.807, 2.05) is 0 Å². The Labute approximate surface area is 146 Å². The third-order valence-electron chi connectivity index (χ3n) is 3.58. The molecule has 0 spiro atoms. The van der Waals surface area contributed by atoms with E-state index in [0.29, 0.717) is 0 Å². The summed E-state index contributed by atoms with van der Waals surface area (Å²) in [6, 6.07) is -1.62. The number of hydrogen-bond acceptors (Lipinski definition) is 8. The molecule has 4 radical (unpaired) electrons. The Morgan fingerprint density at radius 3 is 2.00 bits per heavy atom. The zero-order valence-electron chi connectivity index (χ0n) is 13.0. The summed E-state index contributed by atoms with van der Waals surface area (Å²) in [5, 5.41) is 9.13. The van der Waals surface area contributed by atoms with Crippen LogP contribution in [0.15, 0.2) is 0 Å². The molecule has 2 aliphatic rings. The fraction of sp³-hybridized carbons (Fsp3) is 1.00. The van der Waals surface area contributed by atoms with E-state index in [1.165, 1.54) is 0 Å². The van der Waals surface area contributed by atoms with Gasteiger partial charge in [-0.05, 0) is 12.8 Å². The van der Waals surface area contributed by atoms with Crippen LogP contribution in [0.4, 0.5) is 0 Å². The zero-order chi connectivity index (χ0) is 18.8. The smallest absolute Gasteiger partial charge is 0.394 e. The highest BCUT2D eigenvalue weighted by Gasteiger charge is 2.42.